The highest BCUT2D eigenvalue weighted by atomic mass is 35.5. The molecule has 0 bridgehead atoms. The van der Waals surface area contributed by atoms with E-state index in [9.17, 15) is 13.2 Å². The van der Waals surface area contributed by atoms with E-state index < -0.39 is 11.7 Å². The van der Waals surface area contributed by atoms with E-state index in [-0.39, 0.29) is 5.56 Å². The van der Waals surface area contributed by atoms with Gasteiger partial charge in [0.25, 0.3) is 0 Å². The minimum Gasteiger partial charge on any atom is -0.166 e. The van der Waals surface area contributed by atoms with E-state index >= 15 is 0 Å². The van der Waals surface area contributed by atoms with Gasteiger partial charge in [-0.15, -0.1) is 0 Å². The van der Waals surface area contributed by atoms with Crippen LogP contribution in [0.2, 0.25) is 5.02 Å². The van der Waals surface area contributed by atoms with Crippen LogP contribution in [0.15, 0.2) is 36.4 Å². The molecule has 2 aromatic carbocycles. The van der Waals surface area contributed by atoms with E-state index in [0.29, 0.717) is 10.6 Å². The van der Waals surface area contributed by atoms with Gasteiger partial charge < -0.3 is 0 Å². The highest BCUT2D eigenvalue weighted by Gasteiger charge is 2.33. The predicted molar refractivity (Wildman–Crippen MR) is 71.4 cm³/mol. The molecule has 0 aliphatic rings. The molecule has 0 spiro atoms. The number of alkyl halides is 3. The molecule has 0 saturated carbocycles. The van der Waals surface area contributed by atoms with E-state index in [1.165, 1.54) is 12.1 Å². The first-order valence-electron chi connectivity index (χ1n) is 5.73. The van der Waals surface area contributed by atoms with Gasteiger partial charge in [-0.05, 0) is 37.6 Å². The Labute approximate surface area is 114 Å². The second-order valence-electron chi connectivity index (χ2n) is 4.53. The van der Waals surface area contributed by atoms with Crippen LogP contribution in [0.4, 0.5) is 13.2 Å². The van der Waals surface area contributed by atoms with Crippen molar-refractivity contribution in [2.75, 3.05) is 0 Å². The van der Waals surface area contributed by atoms with E-state index in [2.05, 4.69) is 0 Å². The van der Waals surface area contributed by atoms with Gasteiger partial charge in [0, 0.05) is 10.6 Å². The summed E-state index contributed by atoms with van der Waals surface area (Å²) in [5.74, 6) is 0. The molecule has 0 N–H and O–H groups in total. The maximum absolute atomic E-state index is 13.1. The lowest BCUT2D eigenvalue weighted by atomic mass is 9.96. The Hall–Kier alpha value is -1.48. The third kappa shape index (κ3) is 2.92. The number of aryl methyl sites for hydroxylation is 2. The van der Waals surface area contributed by atoms with Crippen LogP contribution in [0, 0.1) is 13.8 Å². The molecule has 0 fully saturated rings. The number of hydrogen-bond acceptors (Lipinski definition) is 0. The van der Waals surface area contributed by atoms with E-state index in [4.69, 9.17) is 11.6 Å². The molecule has 0 aliphatic heterocycles. The molecule has 2 aromatic rings. The zero-order valence-corrected chi connectivity index (χ0v) is 11.2. The van der Waals surface area contributed by atoms with Crippen LogP contribution >= 0.6 is 11.6 Å². The Kier molecular flexibility index (Phi) is 3.59. The average Bonchev–Trinajstić information content (AvgIpc) is 2.30. The largest absolute Gasteiger partial charge is 0.417 e. The topological polar surface area (TPSA) is 0 Å². The molecular weight excluding hydrogens is 273 g/mol. The van der Waals surface area contributed by atoms with Crippen LogP contribution in [-0.2, 0) is 6.18 Å². The van der Waals surface area contributed by atoms with Gasteiger partial charge in [0.1, 0.15) is 0 Å². The molecule has 0 aliphatic carbocycles. The first-order chi connectivity index (χ1) is 8.79. The molecule has 0 heterocycles. The van der Waals surface area contributed by atoms with Crippen LogP contribution in [-0.4, -0.2) is 0 Å². The Morgan fingerprint density at radius 2 is 1.37 bits per heavy atom. The van der Waals surface area contributed by atoms with Gasteiger partial charge >= 0.3 is 6.18 Å². The Morgan fingerprint density at radius 3 is 1.95 bits per heavy atom. The fraction of sp³-hybridized carbons (Fsp3) is 0.200. The summed E-state index contributed by atoms with van der Waals surface area (Å²) in [5, 5.41) is 0.321. The monoisotopic (exact) mass is 284 g/mol. The fourth-order valence-corrected chi connectivity index (χ4v) is 2.19. The SMILES string of the molecule is Cc1ccc(Cl)c(-c2cc(C)ccc2C(F)(F)F)c1. The summed E-state index contributed by atoms with van der Waals surface area (Å²) in [7, 11) is 0. The second kappa shape index (κ2) is 4.89. The average molecular weight is 285 g/mol. The molecule has 0 amide bonds. The summed E-state index contributed by atoms with van der Waals surface area (Å²) in [6, 6.07) is 9.14. The maximum Gasteiger partial charge on any atom is 0.417 e. The molecule has 100 valence electrons. The lowest BCUT2D eigenvalue weighted by Gasteiger charge is -2.15. The van der Waals surface area contributed by atoms with Gasteiger partial charge in [0.15, 0.2) is 0 Å². The van der Waals surface area contributed by atoms with Crippen molar-refractivity contribution in [1.82, 2.24) is 0 Å². The van der Waals surface area contributed by atoms with Crippen molar-refractivity contribution >= 4 is 11.6 Å². The molecule has 0 unspecified atom stereocenters. The summed E-state index contributed by atoms with van der Waals surface area (Å²) >= 11 is 6.04. The lowest BCUT2D eigenvalue weighted by molar-refractivity contribution is -0.137. The quantitative estimate of drug-likeness (QED) is 0.635. The van der Waals surface area contributed by atoms with Crippen molar-refractivity contribution in [3.63, 3.8) is 0 Å². The smallest absolute Gasteiger partial charge is 0.166 e. The first-order valence-corrected chi connectivity index (χ1v) is 6.11. The van der Waals surface area contributed by atoms with Gasteiger partial charge in [0.2, 0.25) is 0 Å². The molecule has 4 heteroatoms. The molecule has 19 heavy (non-hydrogen) atoms. The number of benzene rings is 2. The van der Waals surface area contributed by atoms with E-state index in [1.807, 2.05) is 6.92 Å². The van der Waals surface area contributed by atoms with Crippen molar-refractivity contribution in [2.24, 2.45) is 0 Å². The molecule has 0 atom stereocenters. The summed E-state index contributed by atoms with van der Waals surface area (Å²) in [5.41, 5.74) is 1.51. The summed E-state index contributed by atoms with van der Waals surface area (Å²) < 4.78 is 39.2. The normalized spacial score (nSPS) is 11.7. The Balaban J connectivity index is 2.73. The Bertz CT molecular complexity index is 615. The maximum atomic E-state index is 13.1. The lowest BCUT2D eigenvalue weighted by Crippen LogP contribution is -2.07. The first kappa shape index (κ1) is 13.9. The molecule has 0 nitrogen and oxygen atoms in total. The van der Waals surface area contributed by atoms with Crippen molar-refractivity contribution in [3.8, 4) is 11.1 Å². The third-order valence-corrected chi connectivity index (χ3v) is 3.22. The number of rotatable bonds is 1. The standard InChI is InChI=1S/C15H12ClF3/c1-9-3-5-13(15(17,18)19)11(7-9)12-8-10(2)4-6-14(12)16/h3-8H,1-2H3. The summed E-state index contributed by atoms with van der Waals surface area (Å²) in [6.07, 6.45) is -4.39. The van der Waals surface area contributed by atoms with Crippen molar-refractivity contribution in [1.29, 1.82) is 0 Å². The predicted octanol–water partition coefficient (Wildman–Crippen LogP) is 5.64. The minimum atomic E-state index is -4.39. The van der Waals surface area contributed by atoms with Gasteiger partial charge in [-0.25, -0.2) is 0 Å². The highest BCUT2D eigenvalue weighted by molar-refractivity contribution is 6.33. The van der Waals surface area contributed by atoms with Gasteiger partial charge in [-0.3, -0.25) is 0 Å². The van der Waals surface area contributed by atoms with Crippen LogP contribution < -0.4 is 0 Å². The second-order valence-corrected chi connectivity index (χ2v) is 4.94. The highest BCUT2D eigenvalue weighted by Crippen LogP contribution is 2.40. The van der Waals surface area contributed by atoms with E-state index in [0.717, 1.165) is 17.2 Å². The van der Waals surface area contributed by atoms with Gasteiger partial charge in [-0.2, -0.15) is 13.2 Å². The summed E-state index contributed by atoms with van der Waals surface area (Å²) in [6.45, 7) is 3.58. The van der Waals surface area contributed by atoms with Gasteiger partial charge in [0.05, 0.1) is 5.56 Å². The molecule has 2 rings (SSSR count). The van der Waals surface area contributed by atoms with Crippen LogP contribution in [0.5, 0.6) is 0 Å². The minimum absolute atomic E-state index is 0.126. The fourth-order valence-electron chi connectivity index (χ4n) is 1.97. The molecule has 0 radical (unpaired) electrons. The number of hydrogen-bond donors (Lipinski definition) is 0. The number of halogens is 4. The van der Waals surface area contributed by atoms with Crippen molar-refractivity contribution in [3.05, 3.63) is 58.1 Å². The van der Waals surface area contributed by atoms with Crippen LogP contribution in [0.1, 0.15) is 16.7 Å². The van der Waals surface area contributed by atoms with Gasteiger partial charge in [-0.1, -0.05) is 40.9 Å². The molecule has 0 aromatic heterocycles. The van der Waals surface area contributed by atoms with Crippen molar-refractivity contribution in [2.45, 2.75) is 20.0 Å². The molecular formula is C15H12ClF3. The zero-order chi connectivity index (χ0) is 14.2. The third-order valence-electron chi connectivity index (χ3n) is 2.89. The van der Waals surface area contributed by atoms with Crippen LogP contribution in [0.25, 0.3) is 11.1 Å². The van der Waals surface area contributed by atoms with E-state index in [1.54, 1.807) is 25.1 Å². The molecule has 0 saturated heterocycles. The van der Waals surface area contributed by atoms with Crippen molar-refractivity contribution < 1.29 is 13.2 Å². The zero-order valence-electron chi connectivity index (χ0n) is 10.5. The summed E-state index contributed by atoms with van der Waals surface area (Å²) in [4.78, 5) is 0. The Morgan fingerprint density at radius 1 is 0.842 bits per heavy atom. The van der Waals surface area contributed by atoms with Crippen LogP contribution in [0.3, 0.4) is 0 Å².